The van der Waals surface area contributed by atoms with Crippen molar-refractivity contribution in [2.45, 2.75) is 31.8 Å². The van der Waals surface area contributed by atoms with Gasteiger partial charge in [-0.25, -0.2) is 0 Å². The molecule has 1 aliphatic rings. The third-order valence-corrected chi connectivity index (χ3v) is 6.14. The number of methoxy groups -OCH3 is 4. The number of hydrogen-bond donors (Lipinski definition) is 1. The fourth-order valence-corrected chi connectivity index (χ4v) is 3.99. The van der Waals surface area contributed by atoms with Crippen LogP contribution in [0.4, 0.5) is 0 Å². The minimum atomic E-state index is -0.336. The van der Waals surface area contributed by atoms with Crippen molar-refractivity contribution in [1.82, 2.24) is 15.4 Å². The normalized spacial score (nSPS) is 12.5. The standard InChI is InChI=1S/C27H31N3O7/c1-33-20-9-5-17(6-10-20)11-12-28-26(31)22-15-21(37-29-22)16-30(19-7-8-19)27(32)18-13-23(34-2)25(36-4)24(14-18)35-3/h5-6,9-10,13-15,19H,7-8,11-12,16H2,1-4H3,(H,28,31). The number of nitrogens with one attached hydrogen (secondary N) is 1. The van der Waals surface area contributed by atoms with Gasteiger partial charge in [-0.3, -0.25) is 9.59 Å². The summed E-state index contributed by atoms with van der Waals surface area (Å²) in [5.74, 6) is 1.88. The van der Waals surface area contributed by atoms with Gasteiger partial charge in [0, 0.05) is 24.2 Å². The van der Waals surface area contributed by atoms with Crippen molar-refractivity contribution in [1.29, 1.82) is 0 Å². The molecule has 3 aromatic rings. The topological polar surface area (TPSA) is 112 Å². The summed E-state index contributed by atoms with van der Waals surface area (Å²) in [7, 11) is 6.13. The lowest BCUT2D eigenvalue weighted by Crippen LogP contribution is -2.32. The van der Waals surface area contributed by atoms with Gasteiger partial charge in [0.1, 0.15) is 5.75 Å². The summed E-state index contributed by atoms with van der Waals surface area (Å²) in [6.45, 7) is 0.632. The average Bonchev–Trinajstić information content (AvgIpc) is 3.67. The van der Waals surface area contributed by atoms with Gasteiger partial charge in [-0.2, -0.15) is 0 Å². The molecule has 0 unspecified atom stereocenters. The minimum absolute atomic E-state index is 0.0819. The molecule has 10 nitrogen and oxygen atoms in total. The maximum atomic E-state index is 13.4. The number of aromatic nitrogens is 1. The van der Waals surface area contributed by atoms with Gasteiger partial charge >= 0.3 is 0 Å². The van der Waals surface area contributed by atoms with Crippen LogP contribution in [0.15, 0.2) is 47.0 Å². The number of carbonyl (C=O) groups is 2. The number of rotatable bonds is 12. The number of hydrogen-bond acceptors (Lipinski definition) is 8. The highest BCUT2D eigenvalue weighted by molar-refractivity contribution is 5.96. The second-order valence-electron chi connectivity index (χ2n) is 8.61. The first-order chi connectivity index (χ1) is 18.0. The highest BCUT2D eigenvalue weighted by Crippen LogP contribution is 2.39. The lowest BCUT2D eigenvalue weighted by Gasteiger charge is -2.22. The fraction of sp³-hybridized carbons (Fsp3) is 0.370. The highest BCUT2D eigenvalue weighted by Gasteiger charge is 2.35. The third-order valence-electron chi connectivity index (χ3n) is 6.14. The van der Waals surface area contributed by atoms with E-state index in [2.05, 4.69) is 10.5 Å². The van der Waals surface area contributed by atoms with E-state index in [1.54, 1.807) is 30.2 Å². The first-order valence-electron chi connectivity index (χ1n) is 11.9. The van der Waals surface area contributed by atoms with Gasteiger partial charge in [0.15, 0.2) is 23.0 Å². The summed E-state index contributed by atoms with van der Waals surface area (Å²) >= 11 is 0. The zero-order valence-electron chi connectivity index (χ0n) is 21.4. The van der Waals surface area contributed by atoms with E-state index in [0.717, 1.165) is 24.2 Å². The van der Waals surface area contributed by atoms with Crippen LogP contribution in [0.5, 0.6) is 23.0 Å². The van der Waals surface area contributed by atoms with Crippen LogP contribution in [0.3, 0.4) is 0 Å². The first-order valence-corrected chi connectivity index (χ1v) is 11.9. The molecule has 1 aromatic heterocycles. The van der Waals surface area contributed by atoms with E-state index in [4.69, 9.17) is 23.5 Å². The van der Waals surface area contributed by atoms with E-state index in [-0.39, 0.29) is 30.1 Å². The monoisotopic (exact) mass is 509 g/mol. The lowest BCUT2D eigenvalue weighted by molar-refractivity contribution is 0.0712. The number of amides is 2. The van der Waals surface area contributed by atoms with Crippen molar-refractivity contribution in [2.24, 2.45) is 0 Å². The quantitative estimate of drug-likeness (QED) is 0.395. The van der Waals surface area contributed by atoms with Crippen molar-refractivity contribution in [2.75, 3.05) is 35.0 Å². The molecule has 0 radical (unpaired) electrons. The van der Waals surface area contributed by atoms with E-state index in [9.17, 15) is 9.59 Å². The van der Waals surface area contributed by atoms with E-state index in [1.165, 1.54) is 21.3 Å². The number of carbonyl (C=O) groups excluding carboxylic acids is 2. The van der Waals surface area contributed by atoms with Crippen LogP contribution in [0.2, 0.25) is 0 Å². The Balaban J connectivity index is 1.40. The second-order valence-corrected chi connectivity index (χ2v) is 8.61. The molecule has 0 spiro atoms. The third kappa shape index (κ3) is 6.14. The minimum Gasteiger partial charge on any atom is -0.497 e. The summed E-state index contributed by atoms with van der Waals surface area (Å²) in [6.07, 6.45) is 2.45. The molecule has 1 saturated carbocycles. The van der Waals surface area contributed by atoms with E-state index in [1.807, 2.05) is 24.3 Å². The molecule has 4 rings (SSSR count). The summed E-state index contributed by atoms with van der Waals surface area (Å²) in [5.41, 5.74) is 1.64. The van der Waals surface area contributed by atoms with Crippen molar-refractivity contribution in [3.05, 3.63) is 65.0 Å². The Kier molecular flexibility index (Phi) is 8.17. The van der Waals surface area contributed by atoms with Gasteiger partial charge in [0.2, 0.25) is 5.75 Å². The molecule has 1 fully saturated rings. The Morgan fingerprint density at radius 2 is 1.65 bits per heavy atom. The Morgan fingerprint density at radius 3 is 2.22 bits per heavy atom. The first kappa shape index (κ1) is 25.9. The molecule has 0 saturated heterocycles. The van der Waals surface area contributed by atoms with Crippen LogP contribution < -0.4 is 24.3 Å². The van der Waals surface area contributed by atoms with Crippen LogP contribution >= 0.6 is 0 Å². The van der Waals surface area contributed by atoms with Crippen molar-refractivity contribution in [3.63, 3.8) is 0 Å². The summed E-state index contributed by atoms with van der Waals surface area (Å²) in [5, 5.41) is 6.76. The van der Waals surface area contributed by atoms with Crippen molar-refractivity contribution < 1.29 is 33.1 Å². The summed E-state index contributed by atoms with van der Waals surface area (Å²) < 4.78 is 26.7. The van der Waals surface area contributed by atoms with Gasteiger partial charge in [-0.1, -0.05) is 17.3 Å². The molecule has 2 aromatic carbocycles. The predicted molar refractivity (Wildman–Crippen MR) is 135 cm³/mol. The summed E-state index contributed by atoms with van der Waals surface area (Å²) in [4.78, 5) is 27.7. The molecule has 1 N–H and O–H groups in total. The molecular formula is C27H31N3O7. The lowest BCUT2D eigenvalue weighted by atomic mass is 10.1. The molecule has 2 amide bonds. The second kappa shape index (κ2) is 11.7. The van der Waals surface area contributed by atoms with E-state index in [0.29, 0.717) is 41.5 Å². The Labute approximate surface area is 215 Å². The molecule has 37 heavy (non-hydrogen) atoms. The molecule has 1 heterocycles. The van der Waals surface area contributed by atoms with Gasteiger partial charge in [-0.15, -0.1) is 0 Å². The fourth-order valence-electron chi connectivity index (χ4n) is 3.99. The number of nitrogens with zero attached hydrogens (tertiary/aromatic N) is 2. The van der Waals surface area contributed by atoms with Crippen molar-refractivity contribution in [3.8, 4) is 23.0 Å². The molecular weight excluding hydrogens is 478 g/mol. The van der Waals surface area contributed by atoms with Crippen LogP contribution in [-0.2, 0) is 13.0 Å². The molecule has 196 valence electrons. The maximum Gasteiger partial charge on any atom is 0.273 e. The molecule has 0 bridgehead atoms. The molecule has 10 heteroatoms. The smallest absolute Gasteiger partial charge is 0.273 e. The van der Waals surface area contributed by atoms with Crippen LogP contribution in [0.25, 0.3) is 0 Å². The Bertz CT molecular complexity index is 1210. The molecule has 0 aliphatic heterocycles. The number of ether oxygens (including phenoxy) is 4. The average molecular weight is 510 g/mol. The SMILES string of the molecule is COc1ccc(CCNC(=O)c2cc(CN(C(=O)c3cc(OC)c(OC)c(OC)c3)C3CC3)on2)cc1. The maximum absolute atomic E-state index is 13.4. The van der Waals surface area contributed by atoms with Gasteiger partial charge in [-0.05, 0) is 49.1 Å². The zero-order chi connectivity index (χ0) is 26.4. The highest BCUT2D eigenvalue weighted by atomic mass is 16.5. The largest absolute Gasteiger partial charge is 0.497 e. The molecule has 1 aliphatic carbocycles. The Morgan fingerprint density at radius 1 is 0.973 bits per heavy atom. The van der Waals surface area contributed by atoms with E-state index < -0.39 is 0 Å². The number of benzene rings is 2. The molecule has 0 atom stereocenters. The van der Waals surface area contributed by atoms with Crippen molar-refractivity contribution >= 4 is 11.8 Å². The Hall–Kier alpha value is -4.21. The van der Waals surface area contributed by atoms with Crippen LogP contribution in [0, 0.1) is 0 Å². The van der Waals surface area contributed by atoms with Gasteiger partial charge in [0.05, 0.1) is 35.0 Å². The van der Waals surface area contributed by atoms with E-state index >= 15 is 0 Å². The summed E-state index contributed by atoms with van der Waals surface area (Å²) in [6, 6.07) is 12.6. The zero-order valence-corrected chi connectivity index (χ0v) is 21.4. The van der Waals surface area contributed by atoms with Crippen LogP contribution in [0.1, 0.15) is 45.0 Å². The van der Waals surface area contributed by atoms with Gasteiger partial charge < -0.3 is 33.7 Å². The van der Waals surface area contributed by atoms with Gasteiger partial charge in [0.25, 0.3) is 11.8 Å². The predicted octanol–water partition coefficient (Wildman–Crippen LogP) is 3.49. The van der Waals surface area contributed by atoms with Crippen LogP contribution in [-0.4, -0.2) is 62.9 Å².